The van der Waals surface area contributed by atoms with Crippen molar-refractivity contribution < 1.29 is 13.9 Å². The largest absolute Gasteiger partial charge is 0.497 e. The number of nitrogens with zero attached hydrogens (tertiary/aromatic N) is 4. The molecule has 3 aromatic heterocycles. The molecule has 0 amide bonds. The molecule has 182 valence electrons. The Labute approximate surface area is 209 Å². The summed E-state index contributed by atoms with van der Waals surface area (Å²) >= 11 is 1.65. The first-order chi connectivity index (χ1) is 17.2. The predicted molar refractivity (Wildman–Crippen MR) is 136 cm³/mol. The van der Waals surface area contributed by atoms with Gasteiger partial charge in [0.2, 0.25) is 5.89 Å². The van der Waals surface area contributed by atoms with Crippen LogP contribution in [0.15, 0.2) is 46.2 Å². The van der Waals surface area contributed by atoms with Crippen molar-refractivity contribution in [2.75, 3.05) is 26.9 Å². The number of imidazole rings is 1. The number of oxazole rings is 1. The Morgan fingerprint density at radius 2 is 1.91 bits per heavy atom. The van der Waals surface area contributed by atoms with Gasteiger partial charge in [0.15, 0.2) is 0 Å². The van der Waals surface area contributed by atoms with E-state index in [4.69, 9.17) is 23.9 Å². The molecule has 0 aliphatic carbocycles. The lowest BCUT2D eigenvalue weighted by molar-refractivity contribution is 0.0821. The molecule has 6 rings (SSSR count). The second kappa shape index (κ2) is 9.60. The number of hydrogen-bond donors (Lipinski definition) is 0. The van der Waals surface area contributed by atoms with Crippen molar-refractivity contribution in [3.8, 4) is 27.8 Å². The van der Waals surface area contributed by atoms with E-state index in [0.29, 0.717) is 5.92 Å². The van der Waals surface area contributed by atoms with E-state index in [1.165, 1.54) is 11.5 Å². The zero-order chi connectivity index (χ0) is 23.8. The lowest BCUT2D eigenvalue weighted by Gasteiger charge is -2.30. The Bertz CT molecular complexity index is 1290. The number of ether oxygens (including phenoxy) is 2. The highest BCUT2D eigenvalue weighted by atomic mass is 32.1. The van der Waals surface area contributed by atoms with Crippen LogP contribution in [0.1, 0.15) is 41.7 Å². The van der Waals surface area contributed by atoms with Crippen molar-refractivity contribution in [3.05, 3.63) is 64.8 Å². The Hall–Kier alpha value is -2.94. The molecule has 1 aromatic carbocycles. The third-order valence-electron chi connectivity index (χ3n) is 7.06. The van der Waals surface area contributed by atoms with Gasteiger partial charge in [-0.25, -0.2) is 9.97 Å². The minimum absolute atomic E-state index is 0.451. The maximum absolute atomic E-state index is 6.00. The SMILES string of the molecule is COc1ccc(-c2nc(C3CCOCC3)n3c2CN(Cc2nc(-c4cccs4)oc2C)CC3)cc1. The monoisotopic (exact) mass is 490 g/mol. The summed E-state index contributed by atoms with van der Waals surface area (Å²) in [4.78, 5) is 13.6. The summed E-state index contributed by atoms with van der Waals surface area (Å²) in [6.07, 6.45) is 2.07. The Balaban J connectivity index is 1.31. The van der Waals surface area contributed by atoms with Crippen molar-refractivity contribution in [2.24, 2.45) is 0 Å². The van der Waals surface area contributed by atoms with Gasteiger partial charge >= 0.3 is 0 Å². The normalized spacial score (nSPS) is 17.0. The van der Waals surface area contributed by atoms with Crippen LogP contribution in [0.3, 0.4) is 0 Å². The standard InChI is InChI=1S/C27H30N4O3S/c1-18-22(28-27(34-18)24-4-3-15-35-24)16-30-11-12-31-23(17-30)25(19-5-7-21(32-2)8-6-19)29-26(31)20-9-13-33-14-10-20/h3-8,15,20H,9-14,16-17H2,1-2H3. The number of benzene rings is 1. The van der Waals surface area contributed by atoms with E-state index in [-0.39, 0.29) is 0 Å². The van der Waals surface area contributed by atoms with Crippen LogP contribution in [0.2, 0.25) is 0 Å². The number of methoxy groups -OCH3 is 1. The second-order valence-corrected chi connectivity index (χ2v) is 10.2. The van der Waals surface area contributed by atoms with Crippen LogP contribution >= 0.6 is 11.3 Å². The Morgan fingerprint density at radius 1 is 1.09 bits per heavy atom. The molecule has 0 saturated carbocycles. The Morgan fingerprint density at radius 3 is 2.66 bits per heavy atom. The molecule has 0 radical (unpaired) electrons. The minimum atomic E-state index is 0.451. The molecule has 0 N–H and O–H groups in total. The molecule has 0 atom stereocenters. The molecule has 0 unspecified atom stereocenters. The number of thiophene rings is 1. The van der Waals surface area contributed by atoms with Crippen LogP contribution in [0.25, 0.3) is 22.0 Å². The third-order valence-corrected chi connectivity index (χ3v) is 7.92. The number of rotatable bonds is 6. The number of aryl methyl sites for hydroxylation is 1. The number of aromatic nitrogens is 3. The highest BCUT2D eigenvalue weighted by molar-refractivity contribution is 7.13. The molecular weight excluding hydrogens is 460 g/mol. The van der Waals surface area contributed by atoms with Gasteiger partial charge in [0, 0.05) is 50.9 Å². The topological polar surface area (TPSA) is 65.6 Å². The van der Waals surface area contributed by atoms with E-state index < -0.39 is 0 Å². The average Bonchev–Trinajstić information content (AvgIpc) is 3.64. The van der Waals surface area contributed by atoms with E-state index in [2.05, 4.69) is 33.0 Å². The fourth-order valence-corrected chi connectivity index (χ4v) is 5.77. The third kappa shape index (κ3) is 4.42. The average molecular weight is 491 g/mol. The van der Waals surface area contributed by atoms with Crippen LogP contribution in [0.4, 0.5) is 0 Å². The molecule has 4 aromatic rings. The summed E-state index contributed by atoms with van der Waals surface area (Å²) < 4.78 is 19.5. The Kier molecular flexibility index (Phi) is 6.18. The van der Waals surface area contributed by atoms with Gasteiger partial charge in [-0.2, -0.15) is 0 Å². The maximum Gasteiger partial charge on any atom is 0.236 e. The van der Waals surface area contributed by atoms with Crippen molar-refractivity contribution in [1.29, 1.82) is 0 Å². The van der Waals surface area contributed by atoms with Crippen LogP contribution < -0.4 is 4.74 Å². The summed E-state index contributed by atoms with van der Waals surface area (Å²) in [6.45, 7) is 7.13. The van der Waals surface area contributed by atoms with Crippen LogP contribution in [-0.4, -0.2) is 46.3 Å². The summed E-state index contributed by atoms with van der Waals surface area (Å²) in [5, 5.41) is 2.05. The van der Waals surface area contributed by atoms with E-state index in [9.17, 15) is 0 Å². The van der Waals surface area contributed by atoms with Crippen LogP contribution in [-0.2, 0) is 24.4 Å². The lowest BCUT2D eigenvalue weighted by Crippen LogP contribution is -2.34. The number of hydrogen-bond acceptors (Lipinski definition) is 7. The van der Waals surface area contributed by atoms with Gasteiger partial charge in [-0.05, 0) is 55.5 Å². The van der Waals surface area contributed by atoms with E-state index >= 15 is 0 Å². The van der Waals surface area contributed by atoms with Crippen LogP contribution in [0, 0.1) is 6.92 Å². The smallest absolute Gasteiger partial charge is 0.236 e. The highest BCUT2D eigenvalue weighted by Crippen LogP contribution is 2.35. The maximum atomic E-state index is 6.00. The van der Waals surface area contributed by atoms with Crippen molar-refractivity contribution in [3.63, 3.8) is 0 Å². The molecule has 2 aliphatic rings. The van der Waals surface area contributed by atoms with Gasteiger partial charge < -0.3 is 18.5 Å². The van der Waals surface area contributed by atoms with E-state index in [1.54, 1.807) is 18.4 Å². The summed E-state index contributed by atoms with van der Waals surface area (Å²) in [5.74, 6) is 4.13. The fourth-order valence-electron chi connectivity index (χ4n) is 5.12. The molecule has 0 spiro atoms. The fraction of sp³-hybridized carbons (Fsp3) is 0.407. The molecule has 1 saturated heterocycles. The van der Waals surface area contributed by atoms with Crippen molar-refractivity contribution >= 4 is 11.3 Å². The van der Waals surface area contributed by atoms with Gasteiger partial charge in [-0.1, -0.05) is 6.07 Å². The first kappa shape index (κ1) is 22.5. The van der Waals surface area contributed by atoms with Gasteiger partial charge in [-0.3, -0.25) is 4.90 Å². The molecule has 1 fully saturated rings. The number of fused-ring (bicyclic) bond motifs is 1. The summed E-state index contributed by atoms with van der Waals surface area (Å²) in [6, 6.07) is 12.3. The van der Waals surface area contributed by atoms with Crippen molar-refractivity contribution in [2.45, 2.75) is 45.3 Å². The molecule has 7 nitrogen and oxygen atoms in total. The summed E-state index contributed by atoms with van der Waals surface area (Å²) in [5.41, 5.74) is 4.50. The lowest BCUT2D eigenvalue weighted by atomic mass is 9.99. The predicted octanol–water partition coefficient (Wildman–Crippen LogP) is 5.49. The molecule has 35 heavy (non-hydrogen) atoms. The zero-order valence-electron chi connectivity index (χ0n) is 20.2. The van der Waals surface area contributed by atoms with Gasteiger partial charge in [0.1, 0.15) is 17.3 Å². The zero-order valence-corrected chi connectivity index (χ0v) is 21.0. The molecular formula is C27H30N4O3S. The minimum Gasteiger partial charge on any atom is -0.497 e. The van der Waals surface area contributed by atoms with Gasteiger partial charge in [-0.15, -0.1) is 11.3 Å². The van der Waals surface area contributed by atoms with Gasteiger partial charge in [0.25, 0.3) is 0 Å². The summed E-state index contributed by atoms with van der Waals surface area (Å²) in [7, 11) is 1.70. The molecule has 0 bridgehead atoms. The highest BCUT2D eigenvalue weighted by Gasteiger charge is 2.30. The molecule has 5 heterocycles. The van der Waals surface area contributed by atoms with Crippen LogP contribution in [0.5, 0.6) is 5.75 Å². The van der Waals surface area contributed by atoms with Crippen molar-refractivity contribution in [1.82, 2.24) is 19.4 Å². The second-order valence-electron chi connectivity index (χ2n) is 9.24. The van der Waals surface area contributed by atoms with Gasteiger partial charge in [0.05, 0.1) is 29.1 Å². The molecule has 2 aliphatic heterocycles. The van der Waals surface area contributed by atoms with E-state index in [0.717, 1.165) is 91.5 Å². The first-order valence-corrected chi connectivity index (χ1v) is 13.1. The van der Waals surface area contributed by atoms with E-state index in [1.807, 2.05) is 25.1 Å². The molecule has 8 heteroatoms. The quantitative estimate of drug-likeness (QED) is 0.356. The first-order valence-electron chi connectivity index (χ1n) is 12.2.